The maximum absolute atomic E-state index is 11.8. The predicted octanol–water partition coefficient (Wildman–Crippen LogP) is 0.832. The number of nitrogens with zero attached hydrogens (tertiary/aromatic N) is 1. The number of hydrogen-bond acceptors (Lipinski definition) is 3. The van der Waals surface area contributed by atoms with Gasteiger partial charge in [-0.15, -0.1) is 0 Å². The van der Waals surface area contributed by atoms with E-state index in [1.807, 2.05) is 5.32 Å². The van der Waals surface area contributed by atoms with E-state index in [4.69, 9.17) is 0 Å². The maximum atomic E-state index is 11.8. The smallest absolute Gasteiger partial charge is 0.348 e. The highest BCUT2D eigenvalue weighted by atomic mass is 32.1. The molecular formula is C7H11F3N2OS. The molecule has 0 aromatic carbocycles. The predicted molar refractivity (Wildman–Crippen MR) is 47.7 cm³/mol. The summed E-state index contributed by atoms with van der Waals surface area (Å²) in [6.45, 7) is 2.99. The number of rotatable bonds is 2. The molecule has 1 rings (SSSR count). The van der Waals surface area contributed by atoms with E-state index in [-0.39, 0.29) is 12.0 Å². The van der Waals surface area contributed by atoms with Crippen LogP contribution in [-0.2, 0) is 4.79 Å². The van der Waals surface area contributed by atoms with Crippen LogP contribution in [0.4, 0.5) is 13.2 Å². The van der Waals surface area contributed by atoms with Crippen LogP contribution in [-0.4, -0.2) is 36.0 Å². The van der Waals surface area contributed by atoms with Gasteiger partial charge in [0.15, 0.2) is 0 Å². The van der Waals surface area contributed by atoms with Crippen molar-refractivity contribution >= 4 is 18.7 Å². The van der Waals surface area contributed by atoms with Crippen molar-refractivity contribution in [2.45, 2.75) is 13.1 Å². The van der Waals surface area contributed by atoms with Crippen LogP contribution < -0.4 is 5.32 Å². The lowest BCUT2D eigenvalue weighted by molar-refractivity contribution is -0.174. The highest BCUT2D eigenvalue weighted by molar-refractivity contribution is 7.77. The lowest BCUT2D eigenvalue weighted by Crippen LogP contribution is -2.56. The molecule has 0 spiro atoms. The quantitative estimate of drug-likeness (QED) is 0.686. The SMILES string of the molecule is CC1(CNC(=O)C(F)(F)F)CN(S)C1. The van der Waals surface area contributed by atoms with Crippen molar-refractivity contribution in [1.29, 1.82) is 0 Å². The molecule has 82 valence electrons. The Bertz CT molecular complexity index is 238. The van der Waals surface area contributed by atoms with E-state index in [9.17, 15) is 18.0 Å². The molecule has 1 N–H and O–H groups in total. The average Bonchev–Trinajstić information content (AvgIpc) is 1.95. The number of amides is 1. The summed E-state index contributed by atoms with van der Waals surface area (Å²) in [6, 6.07) is 0. The van der Waals surface area contributed by atoms with Gasteiger partial charge in [0.25, 0.3) is 0 Å². The van der Waals surface area contributed by atoms with Crippen LogP contribution in [0.2, 0.25) is 0 Å². The summed E-state index contributed by atoms with van der Waals surface area (Å²) in [5.74, 6) is -1.88. The molecule has 7 heteroatoms. The van der Waals surface area contributed by atoms with E-state index in [1.54, 1.807) is 11.2 Å². The fourth-order valence-electron chi connectivity index (χ4n) is 1.34. The molecule has 1 fully saturated rings. The number of alkyl halides is 3. The van der Waals surface area contributed by atoms with Gasteiger partial charge >= 0.3 is 12.1 Å². The molecule has 3 nitrogen and oxygen atoms in total. The van der Waals surface area contributed by atoms with Crippen molar-refractivity contribution in [3.05, 3.63) is 0 Å². The largest absolute Gasteiger partial charge is 0.471 e. The summed E-state index contributed by atoms with van der Waals surface area (Å²) in [5, 5.41) is 1.86. The molecule has 1 aliphatic heterocycles. The molecule has 1 saturated heterocycles. The normalized spacial score (nSPS) is 21.5. The van der Waals surface area contributed by atoms with Gasteiger partial charge in [0.05, 0.1) is 0 Å². The monoisotopic (exact) mass is 228 g/mol. The van der Waals surface area contributed by atoms with Gasteiger partial charge < -0.3 is 5.32 Å². The van der Waals surface area contributed by atoms with Crippen molar-refractivity contribution in [3.63, 3.8) is 0 Å². The minimum Gasteiger partial charge on any atom is -0.348 e. The second-order valence-electron chi connectivity index (χ2n) is 3.81. The van der Waals surface area contributed by atoms with Crippen LogP contribution in [0.1, 0.15) is 6.92 Å². The molecule has 0 unspecified atom stereocenters. The fraction of sp³-hybridized carbons (Fsp3) is 0.857. The average molecular weight is 228 g/mol. The molecule has 1 heterocycles. The molecule has 14 heavy (non-hydrogen) atoms. The van der Waals surface area contributed by atoms with E-state index in [1.165, 1.54) is 0 Å². The molecule has 0 aliphatic carbocycles. The first-order chi connectivity index (χ1) is 6.23. The van der Waals surface area contributed by atoms with Crippen molar-refractivity contribution in [2.75, 3.05) is 19.6 Å². The summed E-state index contributed by atoms with van der Waals surface area (Å²) in [7, 11) is 0. The number of carbonyl (C=O) groups is 1. The number of nitrogens with one attached hydrogen (secondary N) is 1. The maximum Gasteiger partial charge on any atom is 0.471 e. The standard InChI is InChI=1S/C7H11F3N2OS/c1-6(3-12(14)4-6)2-11-5(13)7(8,9)10/h14H,2-4H2,1H3,(H,11,13). The fourth-order valence-corrected chi connectivity index (χ4v) is 2.02. The summed E-state index contributed by atoms with van der Waals surface area (Å²) in [5.41, 5.74) is -0.289. The van der Waals surface area contributed by atoms with Gasteiger partial charge in [-0.05, 0) is 0 Å². The Labute approximate surface area is 85.2 Å². The van der Waals surface area contributed by atoms with Gasteiger partial charge in [-0.25, -0.2) is 0 Å². The van der Waals surface area contributed by atoms with Crippen LogP contribution in [0.5, 0.6) is 0 Å². The minimum absolute atomic E-state index is 0.0302. The van der Waals surface area contributed by atoms with Crippen LogP contribution in [0.15, 0.2) is 0 Å². The zero-order valence-corrected chi connectivity index (χ0v) is 8.45. The van der Waals surface area contributed by atoms with E-state index < -0.39 is 12.1 Å². The summed E-state index contributed by atoms with van der Waals surface area (Å²) >= 11 is 4.00. The Morgan fingerprint density at radius 3 is 2.43 bits per heavy atom. The van der Waals surface area contributed by atoms with Crippen molar-refractivity contribution in [3.8, 4) is 0 Å². The molecule has 0 radical (unpaired) electrons. The van der Waals surface area contributed by atoms with Gasteiger partial charge in [-0.1, -0.05) is 19.7 Å². The Morgan fingerprint density at radius 1 is 1.57 bits per heavy atom. The second kappa shape index (κ2) is 3.62. The van der Waals surface area contributed by atoms with Crippen molar-refractivity contribution in [1.82, 2.24) is 9.62 Å². The van der Waals surface area contributed by atoms with E-state index in [2.05, 4.69) is 12.8 Å². The number of halogens is 3. The van der Waals surface area contributed by atoms with E-state index >= 15 is 0 Å². The Hall–Kier alpha value is -0.430. The summed E-state index contributed by atoms with van der Waals surface area (Å²) in [4.78, 5) is 10.5. The third-order valence-electron chi connectivity index (χ3n) is 2.06. The topological polar surface area (TPSA) is 32.3 Å². The zero-order chi connectivity index (χ0) is 11.0. The number of thiol groups is 1. The van der Waals surface area contributed by atoms with Crippen LogP contribution in [0.3, 0.4) is 0 Å². The second-order valence-corrected chi connectivity index (χ2v) is 4.38. The van der Waals surface area contributed by atoms with Crippen molar-refractivity contribution in [2.24, 2.45) is 5.41 Å². The van der Waals surface area contributed by atoms with Gasteiger partial charge in [0.1, 0.15) is 0 Å². The zero-order valence-electron chi connectivity index (χ0n) is 7.56. The van der Waals surface area contributed by atoms with E-state index in [0.29, 0.717) is 13.1 Å². The van der Waals surface area contributed by atoms with E-state index in [0.717, 1.165) is 0 Å². The summed E-state index contributed by atoms with van der Waals surface area (Å²) in [6.07, 6.45) is -4.79. The molecule has 0 aromatic heterocycles. The Morgan fingerprint density at radius 2 is 2.07 bits per heavy atom. The molecule has 0 atom stereocenters. The molecule has 1 amide bonds. The lowest BCUT2D eigenvalue weighted by atomic mass is 9.84. The molecular weight excluding hydrogens is 217 g/mol. The number of hydrogen-bond donors (Lipinski definition) is 2. The lowest BCUT2D eigenvalue weighted by Gasteiger charge is -2.45. The summed E-state index contributed by atoms with van der Waals surface area (Å²) < 4.78 is 37.0. The third kappa shape index (κ3) is 2.78. The first kappa shape index (κ1) is 11.6. The van der Waals surface area contributed by atoms with Gasteiger partial charge in [-0.3, -0.25) is 9.10 Å². The Balaban J connectivity index is 2.31. The first-order valence-corrected chi connectivity index (χ1v) is 4.42. The van der Waals surface area contributed by atoms with Gasteiger partial charge in [0.2, 0.25) is 0 Å². The molecule has 0 aromatic rings. The molecule has 1 aliphatic rings. The Kier molecular flexibility index (Phi) is 3.01. The van der Waals surface area contributed by atoms with Crippen molar-refractivity contribution < 1.29 is 18.0 Å². The first-order valence-electron chi connectivity index (χ1n) is 4.02. The number of carbonyl (C=O) groups excluding carboxylic acids is 1. The third-order valence-corrected chi connectivity index (χ3v) is 2.34. The van der Waals surface area contributed by atoms with Gasteiger partial charge in [0, 0.05) is 25.0 Å². The minimum atomic E-state index is -4.79. The van der Waals surface area contributed by atoms with Crippen LogP contribution in [0.25, 0.3) is 0 Å². The van der Waals surface area contributed by atoms with Crippen LogP contribution in [0, 0.1) is 5.41 Å². The highest BCUT2D eigenvalue weighted by Crippen LogP contribution is 2.30. The highest BCUT2D eigenvalue weighted by Gasteiger charge is 2.42. The van der Waals surface area contributed by atoms with Crippen LogP contribution >= 0.6 is 12.8 Å². The molecule has 0 bridgehead atoms. The van der Waals surface area contributed by atoms with Gasteiger partial charge in [-0.2, -0.15) is 13.2 Å². The molecule has 0 saturated carbocycles.